The molecule has 0 saturated heterocycles. The van der Waals surface area contributed by atoms with Crippen LogP contribution in [0.4, 0.5) is 4.79 Å². The number of carboxylic acids is 1. The van der Waals surface area contributed by atoms with Gasteiger partial charge in [0.1, 0.15) is 37.1 Å². The third kappa shape index (κ3) is 19.2. The van der Waals surface area contributed by atoms with Gasteiger partial charge < -0.3 is 51.2 Å². The van der Waals surface area contributed by atoms with E-state index in [1.54, 1.807) is 38.2 Å². The highest BCUT2D eigenvalue weighted by Gasteiger charge is 2.38. The monoisotopic (exact) mass is 921 g/mol. The van der Waals surface area contributed by atoms with Gasteiger partial charge in [0.25, 0.3) is 5.91 Å². The van der Waals surface area contributed by atoms with Crippen LogP contribution in [-0.2, 0) is 51.4 Å². The van der Waals surface area contributed by atoms with Gasteiger partial charge in [-0.25, -0.2) is 9.59 Å². The number of hydrogen-bond acceptors (Lipinski definition) is 10. The van der Waals surface area contributed by atoms with Crippen LogP contribution < -0.4 is 27.0 Å². The highest BCUT2D eigenvalue weighted by Crippen LogP contribution is 2.28. The Bertz CT molecular complexity index is 1850. The number of ether oxygens (including phenoxy) is 3. The first-order valence-corrected chi connectivity index (χ1v) is 23.6. The Morgan fingerprint density at radius 2 is 1.41 bits per heavy atom. The third-order valence-electron chi connectivity index (χ3n) is 11.7. The number of hydrogen-bond donors (Lipinski definition) is 6. The fourth-order valence-corrected chi connectivity index (χ4v) is 7.80. The molecule has 16 nitrogen and oxygen atoms in total. The first-order valence-electron chi connectivity index (χ1n) is 23.6. The van der Waals surface area contributed by atoms with Crippen LogP contribution >= 0.6 is 0 Å². The molecule has 0 aliphatic heterocycles. The maximum absolute atomic E-state index is 14.6. The van der Waals surface area contributed by atoms with Crippen LogP contribution in [0.3, 0.4) is 0 Å². The molecule has 16 heteroatoms. The lowest BCUT2D eigenvalue weighted by molar-refractivity contribution is -0.147. The summed E-state index contributed by atoms with van der Waals surface area (Å²) in [6.07, 6.45) is 6.64. The van der Waals surface area contributed by atoms with Crippen LogP contribution in [-0.4, -0.2) is 102 Å². The van der Waals surface area contributed by atoms with Crippen LogP contribution in [0.5, 0.6) is 0 Å². The molecule has 0 heterocycles. The molecule has 3 rings (SSSR count). The number of benzene rings is 2. The second-order valence-corrected chi connectivity index (χ2v) is 17.9. The van der Waals surface area contributed by atoms with E-state index in [0.717, 1.165) is 56.1 Å². The number of likely N-dealkylation sites (N-methyl/N-ethyl adjacent to an activating group) is 1. The van der Waals surface area contributed by atoms with E-state index < -0.39 is 66.6 Å². The van der Waals surface area contributed by atoms with E-state index in [4.69, 9.17) is 19.9 Å². The predicted molar refractivity (Wildman–Crippen MR) is 252 cm³/mol. The predicted octanol–water partition coefficient (Wildman–Crippen LogP) is 6.12. The van der Waals surface area contributed by atoms with Gasteiger partial charge in [0, 0.05) is 19.5 Å². The first kappa shape index (κ1) is 54.9. The van der Waals surface area contributed by atoms with Crippen molar-refractivity contribution < 1.29 is 48.1 Å². The van der Waals surface area contributed by atoms with Gasteiger partial charge in [-0.1, -0.05) is 120 Å². The summed E-state index contributed by atoms with van der Waals surface area (Å²) in [6.45, 7) is 10.8. The Morgan fingerprint density at radius 3 is 1.98 bits per heavy atom. The minimum atomic E-state index is -1.54. The lowest BCUT2D eigenvalue weighted by atomic mass is 9.83. The maximum Gasteiger partial charge on any atom is 0.407 e. The summed E-state index contributed by atoms with van der Waals surface area (Å²) in [5.74, 6) is -3.73. The molecule has 366 valence electrons. The zero-order valence-corrected chi connectivity index (χ0v) is 40.1. The zero-order chi connectivity index (χ0) is 48.6. The van der Waals surface area contributed by atoms with Crippen molar-refractivity contribution in [3.63, 3.8) is 0 Å². The third-order valence-corrected chi connectivity index (χ3v) is 11.7. The van der Waals surface area contributed by atoms with Crippen LogP contribution in [0.2, 0.25) is 0 Å². The Balaban J connectivity index is 1.91. The number of amides is 5. The molecule has 66 heavy (non-hydrogen) atoms. The summed E-state index contributed by atoms with van der Waals surface area (Å²) in [5, 5.41) is 20.9. The molecular weight excluding hydrogens is 845 g/mol. The van der Waals surface area contributed by atoms with E-state index in [-0.39, 0.29) is 50.0 Å². The molecule has 2 aromatic carbocycles. The van der Waals surface area contributed by atoms with Crippen molar-refractivity contribution in [2.24, 2.45) is 17.6 Å². The van der Waals surface area contributed by atoms with Crippen molar-refractivity contribution in [1.82, 2.24) is 26.2 Å². The number of nitrogens with one attached hydrogen (secondary N) is 4. The van der Waals surface area contributed by atoms with Gasteiger partial charge in [-0.3, -0.25) is 19.2 Å². The largest absolute Gasteiger partial charge is 0.496 e. The fraction of sp³-hybridized carbons (Fsp3) is 0.600. The number of alkyl carbamates (subject to hydrolysis) is 1. The summed E-state index contributed by atoms with van der Waals surface area (Å²) < 4.78 is 17.3. The molecule has 0 bridgehead atoms. The normalized spacial score (nSPS) is 16.0. The van der Waals surface area contributed by atoms with Crippen LogP contribution in [0.1, 0.15) is 123 Å². The number of rotatable bonds is 28. The first-order chi connectivity index (χ1) is 31.5. The Morgan fingerprint density at radius 1 is 0.788 bits per heavy atom. The van der Waals surface area contributed by atoms with E-state index in [9.17, 15) is 33.9 Å². The number of allylic oxidation sites excluding steroid dienone is 1. The Kier molecular flexibility index (Phi) is 24.3. The molecule has 0 radical (unpaired) electrons. The van der Waals surface area contributed by atoms with Crippen LogP contribution in [0, 0.1) is 11.8 Å². The number of nitrogens with two attached hydrogens (primary N) is 1. The topological polar surface area (TPSA) is 228 Å². The molecule has 1 fully saturated rings. The number of unbranched alkanes of at least 4 members (excludes halogenated alkanes) is 3. The molecule has 2 aromatic rings. The SMILES string of the molecule is CCCCCC/C(OC[C@@H](C)N)=C(\C)C(=O)N(C)[C@@H](CC(C)C)C(=O)N[C@H](C(=O)N[C@@H](CNC(=O)OCc1ccccc1)C(=O)N[C@H](C(=O)O)[C@H](C)OCc1ccccc1)C1CCCCC1. The lowest BCUT2D eigenvalue weighted by Crippen LogP contribution is -2.62. The number of nitrogens with zero attached hydrogens (tertiary/aromatic N) is 1. The van der Waals surface area contributed by atoms with Gasteiger partial charge in [-0.15, -0.1) is 0 Å². The summed E-state index contributed by atoms with van der Waals surface area (Å²) >= 11 is 0. The Labute approximate surface area is 391 Å². The summed E-state index contributed by atoms with van der Waals surface area (Å²) in [5.41, 5.74) is 7.90. The summed E-state index contributed by atoms with van der Waals surface area (Å²) in [6, 6.07) is 12.7. The number of aliphatic carboxylic acids is 1. The standard InChI is InChI=1S/C50H76N6O10/c1-8-9-10-20-27-42(65-30-34(4)51)35(5)48(60)56(7)41(28-33(2)3)46(58)55-44(39-25-18-13-19-26-39)47(59)53-40(29-52-50(63)66-32-38-23-16-12-17-24-38)45(57)54-43(49(61)62)36(6)64-31-37-21-14-11-15-22-37/h11-12,14-17,21-24,33-34,36,39-41,43-44H,8-10,13,18-20,25-32,51H2,1-7H3,(H,52,63)(H,53,59)(H,54,57)(H,55,58)(H,61,62)/b42-35-/t34-,36+,40+,41+,43+,44+/m1/s1. The molecule has 0 aromatic heterocycles. The van der Waals surface area contributed by atoms with E-state index in [0.29, 0.717) is 30.6 Å². The van der Waals surface area contributed by atoms with E-state index in [2.05, 4.69) is 28.2 Å². The molecule has 1 aliphatic carbocycles. The molecule has 5 amide bonds. The minimum absolute atomic E-state index is 0.0212. The summed E-state index contributed by atoms with van der Waals surface area (Å²) in [7, 11) is 1.57. The molecule has 0 unspecified atom stereocenters. The molecule has 0 spiro atoms. The molecule has 1 saturated carbocycles. The fourth-order valence-electron chi connectivity index (χ4n) is 7.80. The van der Waals surface area contributed by atoms with Crippen LogP contribution in [0.15, 0.2) is 72.0 Å². The second kappa shape index (κ2) is 29.2. The van der Waals surface area contributed by atoms with Crippen molar-refractivity contribution in [3.8, 4) is 0 Å². The van der Waals surface area contributed by atoms with E-state index in [1.807, 2.05) is 57.2 Å². The average molecular weight is 921 g/mol. The molecule has 6 atom stereocenters. The van der Waals surface area contributed by atoms with Crippen molar-refractivity contribution in [3.05, 3.63) is 83.1 Å². The van der Waals surface area contributed by atoms with Gasteiger partial charge in [0.15, 0.2) is 6.04 Å². The molecular formula is C50H76N6O10. The number of carboxylic acid groups (broad SMARTS) is 1. The minimum Gasteiger partial charge on any atom is -0.496 e. The maximum atomic E-state index is 14.6. The summed E-state index contributed by atoms with van der Waals surface area (Å²) in [4.78, 5) is 84.3. The highest BCUT2D eigenvalue weighted by atomic mass is 16.5. The van der Waals surface area contributed by atoms with E-state index in [1.165, 1.54) is 11.8 Å². The number of carbonyl (C=O) groups excluding carboxylic acids is 5. The number of carbonyl (C=O) groups is 6. The van der Waals surface area contributed by atoms with Gasteiger partial charge >= 0.3 is 12.1 Å². The van der Waals surface area contributed by atoms with Gasteiger partial charge in [0.05, 0.1) is 24.8 Å². The second-order valence-electron chi connectivity index (χ2n) is 17.9. The van der Waals surface area contributed by atoms with Crippen molar-refractivity contribution >= 4 is 35.7 Å². The van der Waals surface area contributed by atoms with Gasteiger partial charge in [-0.2, -0.15) is 0 Å². The highest BCUT2D eigenvalue weighted by molar-refractivity contribution is 5.98. The van der Waals surface area contributed by atoms with Gasteiger partial charge in [0.2, 0.25) is 17.7 Å². The van der Waals surface area contributed by atoms with E-state index >= 15 is 0 Å². The lowest BCUT2D eigenvalue weighted by Gasteiger charge is -2.35. The quantitative estimate of drug-likeness (QED) is 0.0324. The van der Waals surface area contributed by atoms with Crippen LogP contribution in [0.25, 0.3) is 0 Å². The van der Waals surface area contributed by atoms with Crippen molar-refractivity contribution in [2.45, 2.75) is 162 Å². The molecule has 1 aliphatic rings. The van der Waals surface area contributed by atoms with Gasteiger partial charge in [-0.05, 0) is 69.4 Å². The average Bonchev–Trinajstić information content (AvgIpc) is 3.31. The zero-order valence-electron chi connectivity index (χ0n) is 40.1. The van der Waals surface area contributed by atoms with Crippen molar-refractivity contribution in [2.75, 3.05) is 20.2 Å². The van der Waals surface area contributed by atoms with Crippen molar-refractivity contribution in [1.29, 1.82) is 0 Å². The Hall–Kier alpha value is -5.48. The smallest absolute Gasteiger partial charge is 0.407 e. The molecule has 7 N–H and O–H groups in total.